The van der Waals surface area contributed by atoms with Crippen molar-refractivity contribution in [1.82, 2.24) is 0 Å². The Balaban J connectivity index is 1.98. The van der Waals surface area contributed by atoms with Gasteiger partial charge in [0, 0.05) is 5.39 Å². The number of aliphatic hydroxyl groups is 1. The molecule has 2 heteroatoms. The van der Waals surface area contributed by atoms with Crippen LogP contribution >= 0.6 is 0 Å². The van der Waals surface area contributed by atoms with E-state index in [4.69, 9.17) is 4.74 Å². The van der Waals surface area contributed by atoms with E-state index in [0.29, 0.717) is 5.92 Å². The number of methoxy groups -OCH3 is 1. The highest BCUT2D eigenvalue weighted by molar-refractivity contribution is 5.91. The van der Waals surface area contributed by atoms with E-state index in [0.717, 1.165) is 28.5 Å². The molecule has 0 aliphatic heterocycles. The van der Waals surface area contributed by atoms with Crippen molar-refractivity contribution in [3.63, 3.8) is 0 Å². The summed E-state index contributed by atoms with van der Waals surface area (Å²) >= 11 is 0. The summed E-state index contributed by atoms with van der Waals surface area (Å²) in [5.41, 5.74) is 1.03. The summed E-state index contributed by atoms with van der Waals surface area (Å²) in [7, 11) is 1.69. The van der Waals surface area contributed by atoms with Crippen LogP contribution in [0.3, 0.4) is 0 Å². The molecular formula is C17H20O2. The molecule has 1 atom stereocenters. The van der Waals surface area contributed by atoms with Crippen molar-refractivity contribution in [3.8, 4) is 5.75 Å². The van der Waals surface area contributed by atoms with E-state index in [1.54, 1.807) is 7.11 Å². The topological polar surface area (TPSA) is 29.5 Å². The minimum Gasteiger partial charge on any atom is -0.496 e. The molecule has 1 aliphatic carbocycles. The highest BCUT2D eigenvalue weighted by Gasteiger charge is 2.23. The van der Waals surface area contributed by atoms with E-state index in [-0.39, 0.29) is 6.10 Å². The van der Waals surface area contributed by atoms with Gasteiger partial charge in [-0.05, 0) is 29.4 Å². The van der Waals surface area contributed by atoms with Crippen LogP contribution in [-0.4, -0.2) is 12.2 Å². The van der Waals surface area contributed by atoms with Gasteiger partial charge in [-0.1, -0.05) is 49.6 Å². The summed E-state index contributed by atoms with van der Waals surface area (Å²) in [5, 5.41) is 12.7. The average Bonchev–Trinajstić information content (AvgIpc) is 2.41. The predicted molar refractivity (Wildman–Crippen MR) is 77.4 cm³/mol. The Morgan fingerprint density at radius 1 is 1.16 bits per heavy atom. The highest BCUT2D eigenvalue weighted by atomic mass is 16.5. The molecule has 1 aliphatic rings. The second-order valence-electron chi connectivity index (χ2n) is 5.45. The number of ether oxygens (including phenoxy) is 1. The van der Waals surface area contributed by atoms with Crippen LogP contribution < -0.4 is 4.74 Å². The molecular weight excluding hydrogens is 236 g/mol. The maximum absolute atomic E-state index is 10.5. The smallest absolute Gasteiger partial charge is 0.126 e. The largest absolute Gasteiger partial charge is 0.496 e. The van der Waals surface area contributed by atoms with Crippen LogP contribution in [0.1, 0.15) is 37.4 Å². The monoisotopic (exact) mass is 256 g/mol. The lowest BCUT2D eigenvalue weighted by atomic mass is 9.80. The van der Waals surface area contributed by atoms with Gasteiger partial charge >= 0.3 is 0 Å². The molecule has 2 aromatic rings. The summed E-state index contributed by atoms with van der Waals surface area (Å²) in [6.45, 7) is 0. The van der Waals surface area contributed by atoms with Crippen molar-refractivity contribution in [2.45, 2.75) is 31.8 Å². The van der Waals surface area contributed by atoms with Crippen molar-refractivity contribution < 1.29 is 9.84 Å². The van der Waals surface area contributed by atoms with Gasteiger partial charge < -0.3 is 9.84 Å². The van der Waals surface area contributed by atoms with Gasteiger partial charge in [0.1, 0.15) is 5.75 Å². The number of hydrogen-bond donors (Lipinski definition) is 1. The molecule has 2 aromatic carbocycles. The zero-order chi connectivity index (χ0) is 13.2. The van der Waals surface area contributed by atoms with Gasteiger partial charge in [-0.2, -0.15) is 0 Å². The molecule has 0 radical (unpaired) electrons. The highest BCUT2D eigenvalue weighted by Crippen LogP contribution is 2.38. The number of rotatable bonds is 4. The number of fused-ring (bicyclic) bond motifs is 1. The second-order valence-corrected chi connectivity index (χ2v) is 5.45. The normalized spacial score (nSPS) is 17.2. The minimum absolute atomic E-state index is 0.360. The number of hydrogen-bond acceptors (Lipinski definition) is 2. The van der Waals surface area contributed by atoms with Gasteiger partial charge in [0.05, 0.1) is 13.2 Å². The zero-order valence-corrected chi connectivity index (χ0v) is 11.3. The molecule has 0 aromatic heterocycles. The van der Waals surface area contributed by atoms with Crippen LogP contribution in [-0.2, 0) is 0 Å². The van der Waals surface area contributed by atoms with Crippen molar-refractivity contribution in [2.75, 3.05) is 7.11 Å². The summed E-state index contributed by atoms with van der Waals surface area (Å²) in [4.78, 5) is 0. The molecule has 0 spiro atoms. The van der Waals surface area contributed by atoms with Crippen molar-refractivity contribution >= 4 is 10.8 Å². The Morgan fingerprint density at radius 2 is 1.89 bits per heavy atom. The molecule has 0 amide bonds. The van der Waals surface area contributed by atoms with Crippen LogP contribution in [0.4, 0.5) is 0 Å². The van der Waals surface area contributed by atoms with Crippen LogP contribution in [0.15, 0.2) is 36.4 Å². The first-order chi connectivity index (χ1) is 9.29. The molecule has 1 fully saturated rings. The first-order valence-electron chi connectivity index (χ1n) is 7.03. The quantitative estimate of drug-likeness (QED) is 0.893. The van der Waals surface area contributed by atoms with Crippen LogP contribution in [0, 0.1) is 5.92 Å². The lowest BCUT2D eigenvalue weighted by Crippen LogP contribution is -2.15. The van der Waals surface area contributed by atoms with E-state index in [1.807, 2.05) is 30.3 Å². The molecule has 1 saturated carbocycles. The fraction of sp³-hybridized carbons (Fsp3) is 0.412. The maximum atomic E-state index is 10.5. The molecule has 3 rings (SSSR count). The van der Waals surface area contributed by atoms with Crippen LogP contribution in [0.5, 0.6) is 5.75 Å². The molecule has 0 saturated heterocycles. The van der Waals surface area contributed by atoms with E-state index < -0.39 is 0 Å². The number of aliphatic hydroxyl groups excluding tert-OH is 1. The van der Waals surface area contributed by atoms with Crippen molar-refractivity contribution in [2.24, 2.45) is 5.92 Å². The Bertz CT molecular complexity index is 572. The van der Waals surface area contributed by atoms with Gasteiger partial charge in [-0.15, -0.1) is 0 Å². The Labute approximate surface area is 114 Å². The third-order valence-electron chi connectivity index (χ3n) is 4.28. The maximum Gasteiger partial charge on any atom is 0.126 e. The summed E-state index contributed by atoms with van der Waals surface area (Å²) < 4.78 is 5.39. The summed E-state index contributed by atoms with van der Waals surface area (Å²) in [5.74, 6) is 1.58. The van der Waals surface area contributed by atoms with Gasteiger partial charge in [0.2, 0.25) is 0 Å². The third-order valence-corrected chi connectivity index (χ3v) is 4.28. The van der Waals surface area contributed by atoms with E-state index in [2.05, 4.69) is 6.07 Å². The first-order valence-corrected chi connectivity index (χ1v) is 7.03. The zero-order valence-electron chi connectivity index (χ0n) is 11.3. The Morgan fingerprint density at radius 3 is 2.53 bits per heavy atom. The summed E-state index contributed by atoms with van der Waals surface area (Å²) in [6, 6.07) is 12.1. The molecule has 0 heterocycles. The standard InChI is InChI=1S/C17H20O2/c1-19-17-10-9-14(13-7-2-3-8-15(13)17)16(18)11-12-5-4-6-12/h2-3,7-10,12,16,18H,4-6,11H2,1H3. The third kappa shape index (κ3) is 2.33. The van der Waals surface area contributed by atoms with Gasteiger partial charge in [-0.3, -0.25) is 0 Å². The molecule has 1 N–H and O–H groups in total. The average molecular weight is 256 g/mol. The van der Waals surface area contributed by atoms with E-state index >= 15 is 0 Å². The lowest BCUT2D eigenvalue weighted by Gasteiger charge is -2.28. The molecule has 2 nitrogen and oxygen atoms in total. The Kier molecular flexibility index (Phi) is 3.43. The molecule has 19 heavy (non-hydrogen) atoms. The fourth-order valence-corrected chi connectivity index (χ4v) is 2.93. The lowest BCUT2D eigenvalue weighted by molar-refractivity contribution is 0.119. The fourth-order valence-electron chi connectivity index (χ4n) is 2.93. The van der Waals surface area contributed by atoms with E-state index in [9.17, 15) is 5.11 Å². The van der Waals surface area contributed by atoms with Crippen LogP contribution in [0.25, 0.3) is 10.8 Å². The summed E-state index contributed by atoms with van der Waals surface area (Å²) in [6.07, 6.45) is 4.38. The SMILES string of the molecule is COc1ccc(C(O)CC2CCC2)c2ccccc12. The van der Waals surface area contributed by atoms with Crippen molar-refractivity contribution in [1.29, 1.82) is 0 Å². The predicted octanol–water partition coefficient (Wildman–Crippen LogP) is 4.07. The van der Waals surface area contributed by atoms with Crippen LogP contribution in [0.2, 0.25) is 0 Å². The van der Waals surface area contributed by atoms with E-state index in [1.165, 1.54) is 19.3 Å². The molecule has 1 unspecified atom stereocenters. The molecule has 100 valence electrons. The molecule has 0 bridgehead atoms. The van der Waals surface area contributed by atoms with Crippen molar-refractivity contribution in [3.05, 3.63) is 42.0 Å². The first kappa shape index (κ1) is 12.5. The Hall–Kier alpha value is -1.54. The second kappa shape index (κ2) is 5.22. The van der Waals surface area contributed by atoms with Gasteiger partial charge in [0.15, 0.2) is 0 Å². The van der Waals surface area contributed by atoms with Gasteiger partial charge in [0.25, 0.3) is 0 Å². The van der Waals surface area contributed by atoms with Gasteiger partial charge in [-0.25, -0.2) is 0 Å². The number of benzene rings is 2. The minimum atomic E-state index is -0.360.